The van der Waals surface area contributed by atoms with E-state index in [1.54, 1.807) is 4.90 Å². The van der Waals surface area contributed by atoms with Gasteiger partial charge in [-0.25, -0.2) is 0 Å². The van der Waals surface area contributed by atoms with Crippen LogP contribution in [0.4, 0.5) is 5.95 Å². The summed E-state index contributed by atoms with van der Waals surface area (Å²) in [5.41, 5.74) is 6.42. The molecule has 0 aliphatic carbocycles. The number of hydrogen-bond acceptors (Lipinski definition) is 5. The molecule has 0 bridgehead atoms. The second-order valence-corrected chi connectivity index (χ2v) is 4.36. The Hall–Kier alpha value is -1.88. The maximum atomic E-state index is 6.26. The van der Waals surface area contributed by atoms with Crippen LogP contribution < -0.4 is 10.6 Å². The molecule has 0 saturated carbocycles. The topological polar surface area (TPSA) is 68.2 Å². The van der Waals surface area contributed by atoms with Crippen molar-refractivity contribution >= 4 is 5.95 Å². The Bertz CT molecular complexity index is 490. The highest BCUT2D eigenvalue weighted by atomic mass is 16.5. The van der Waals surface area contributed by atoms with E-state index in [4.69, 9.17) is 10.3 Å². The van der Waals surface area contributed by atoms with Gasteiger partial charge in [-0.15, -0.1) is 0 Å². The van der Waals surface area contributed by atoms with E-state index in [2.05, 4.69) is 10.1 Å². The van der Waals surface area contributed by atoms with Crippen molar-refractivity contribution in [2.45, 2.75) is 12.5 Å². The molecule has 0 radical (unpaired) electrons. The Kier molecular flexibility index (Phi) is 2.85. The number of rotatable bonds is 3. The van der Waals surface area contributed by atoms with E-state index in [1.807, 2.05) is 51.4 Å². The van der Waals surface area contributed by atoms with Crippen LogP contribution in [-0.2, 0) is 5.54 Å². The van der Waals surface area contributed by atoms with E-state index in [9.17, 15) is 0 Å². The highest BCUT2D eigenvalue weighted by Gasteiger charge is 2.30. The fraction of sp³-hybridized carbons (Fsp3) is 0.333. The van der Waals surface area contributed by atoms with E-state index in [0.29, 0.717) is 11.8 Å². The summed E-state index contributed by atoms with van der Waals surface area (Å²) in [6.07, 6.45) is 0. The van der Waals surface area contributed by atoms with Gasteiger partial charge < -0.3 is 15.2 Å². The monoisotopic (exact) mass is 232 g/mol. The lowest BCUT2D eigenvalue weighted by Crippen LogP contribution is -2.34. The molecule has 0 fully saturated rings. The maximum absolute atomic E-state index is 6.26. The lowest BCUT2D eigenvalue weighted by Gasteiger charge is -2.20. The molecule has 90 valence electrons. The van der Waals surface area contributed by atoms with Crippen LogP contribution in [0.15, 0.2) is 34.9 Å². The van der Waals surface area contributed by atoms with Gasteiger partial charge >= 0.3 is 0 Å². The molecule has 2 aromatic rings. The fourth-order valence-electron chi connectivity index (χ4n) is 1.52. The standard InChI is InChI=1S/C12H16N4O/c1-12(13,9-7-5-4-6-8-9)10-14-11(15-17-10)16(2)3/h4-8H,13H2,1-3H3. The second kappa shape index (κ2) is 4.18. The molecule has 1 aromatic carbocycles. The van der Waals surface area contributed by atoms with Crippen LogP contribution in [0.1, 0.15) is 18.4 Å². The van der Waals surface area contributed by atoms with Crippen molar-refractivity contribution in [3.05, 3.63) is 41.8 Å². The Balaban J connectivity index is 2.37. The SMILES string of the molecule is CN(C)c1noc(C(C)(N)c2ccccc2)n1. The van der Waals surface area contributed by atoms with E-state index in [1.165, 1.54) is 0 Å². The molecule has 2 rings (SSSR count). The molecule has 5 heteroatoms. The number of anilines is 1. The van der Waals surface area contributed by atoms with Gasteiger partial charge in [-0.1, -0.05) is 30.3 Å². The summed E-state index contributed by atoms with van der Waals surface area (Å²) in [6, 6.07) is 9.70. The number of nitrogens with two attached hydrogens (primary N) is 1. The molecule has 1 heterocycles. The summed E-state index contributed by atoms with van der Waals surface area (Å²) in [5, 5.41) is 3.87. The molecular formula is C12H16N4O. The predicted octanol–water partition coefficient (Wildman–Crippen LogP) is 1.36. The molecule has 1 atom stereocenters. The number of hydrogen-bond donors (Lipinski definition) is 1. The van der Waals surface area contributed by atoms with Gasteiger partial charge in [0.05, 0.1) is 0 Å². The van der Waals surface area contributed by atoms with Crippen molar-refractivity contribution in [1.82, 2.24) is 10.1 Å². The average Bonchev–Trinajstić information content (AvgIpc) is 2.80. The van der Waals surface area contributed by atoms with E-state index < -0.39 is 5.54 Å². The summed E-state index contributed by atoms with van der Waals surface area (Å²) in [5.74, 6) is 0.931. The fourth-order valence-corrected chi connectivity index (χ4v) is 1.52. The molecule has 0 aliphatic heterocycles. The van der Waals surface area contributed by atoms with Crippen molar-refractivity contribution in [2.24, 2.45) is 5.73 Å². The number of benzene rings is 1. The minimum Gasteiger partial charge on any atom is -0.344 e. The lowest BCUT2D eigenvalue weighted by molar-refractivity contribution is 0.325. The molecule has 2 N–H and O–H groups in total. The van der Waals surface area contributed by atoms with Crippen molar-refractivity contribution in [3.63, 3.8) is 0 Å². The molecule has 1 aromatic heterocycles. The molecule has 17 heavy (non-hydrogen) atoms. The first-order chi connectivity index (χ1) is 8.01. The largest absolute Gasteiger partial charge is 0.344 e. The molecule has 0 amide bonds. The normalized spacial score (nSPS) is 14.4. The summed E-state index contributed by atoms with van der Waals surface area (Å²) >= 11 is 0. The minimum absolute atomic E-state index is 0.410. The Morgan fingerprint density at radius 3 is 2.41 bits per heavy atom. The van der Waals surface area contributed by atoms with Gasteiger partial charge in [-0.2, -0.15) is 4.98 Å². The van der Waals surface area contributed by atoms with Crippen LogP contribution in [0.3, 0.4) is 0 Å². The van der Waals surface area contributed by atoms with Crippen molar-refractivity contribution in [1.29, 1.82) is 0 Å². The summed E-state index contributed by atoms with van der Waals surface area (Å²) < 4.78 is 5.22. The summed E-state index contributed by atoms with van der Waals surface area (Å²) in [4.78, 5) is 6.05. The van der Waals surface area contributed by atoms with Gasteiger partial charge in [0.1, 0.15) is 5.54 Å². The third-order valence-corrected chi connectivity index (χ3v) is 2.63. The van der Waals surface area contributed by atoms with Crippen LogP contribution in [-0.4, -0.2) is 24.2 Å². The highest BCUT2D eigenvalue weighted by molar-refractivity contribution is 5.32. The zero-order chi connectivity index (χ0) is 12.5. The van der Waals surface area contributed by atoms with Gasteiger partial charge in [-0.05, 0) is 17.6 Å². The number of nitrogens with zero attached hydrogens (tertiary/aromatic N) is 3. The third-order valence-electron chi connectivity index (χ3n) is 2.63. The van der Waals surface area contributed by atoms with Gasteiger partial charge in [0.15, 0.2) is 0 Å². The minimum atomic E-state index is -0.775. The zero-order valence-electron chi connectivity index (χ0n) is 10.2. The first kappa shape index (κ1) is 11.6. The first-order valence-corrected chi connectivity index (χ1v) is 5.37. The smallest absolute Gasteiger partial charge is 0.265 e. The third kappa shape index (κ3) is 2.14. The highest BCUT2D eigenvalue weighted by Crippen LogP contribution is 2.25. The van der Waals surface area contributed by atoms with Crippen molar-refractivity contribution < 1.29 is 4.52 Å². The van der Waals surface area contributed by atoms with Gasteiger partial charge in [-0.3, -0.25) is 0 Å². The Morgan fingerprint density at radius 1 is 1.24 bits per heavy atom. The molecule has 5 nitrogen and oxygen atoms in total. The Labute approximate surface area is 100 Å². The average molecular weight is 232 g/mol. The molecule has 0 spiro atoms. The maximum Gasteiger partial charge on any atom is 0.265 e. The predicted molar refractivity (Wildman–Crippen MR) is 65.7 cm³/mol. The van der Waals surface area contributed by atoms with Crippen LogP contribution in [0.25, 0.3) is 0 Å². The van der Waals surface area contributed by atoms with E-state index in [-0.39, 0.29) is 0 Å². The quantitative estimate of drug-likeness (QED) is 0.865. The van der Waals surface area contributed by atoms with Gasteiger partial charge in [0, 0.05) is 14.1 Å². The number of aromatic nitrogens is 2. The van der Waals surface area contributed by atoms with Crippen LogP contribution in [0.2, 0.25) is 0 Å². The van der Waals surface area contributed by atoms with Crippen molar-refractivity contribution in [3.8, 4) is 0 Å². The summed E-state index contributed by atoms with van der Waals surface area (Å²) in [7, 11) is 3.70. The van der Waals surface area contributed by atoms with Crippen LogP contribution in [0, 0.1) is 0 Å². The van der Waals surface area contributed by atoms with E-state index >= 15 is 0 Å². The zero-order valence-corrected chi connectivity index (χ0v) is 10.2. The molecule has 0 aliphatic rings. The Morgan fingerprint density at radius 2 is 1.88 bits per heavy atom. The lowest BCUT2D eigenvalue weighted by atomic mass is 9.93. The second-order valence-electron chi connectivity index (χ2n) is 4.36. The molecule has 0 saturated heterocycles. The summed E-state index contributed by atoms with van der Waals surface area (Å²) in [6.45, 7) is 1.86. The van der Waals surface area contributed by atoms with Crippen LogP contribution in [0.5, 0.6) is 0 Å². The van der Waals surface area contributed by atoms with Crippen LogP contribution >= 0.6 is 0 Å². The molecular weight excluding hydrogens is 216 g/mol. The molecule has 1 unspecified atom stereocenters. The van der Waals surface area contributed by atoms with Gasteiger partial charge in [0.25, 0.3) is 11.8 Å². The van der Waals surface area contributed by atoms with Crippen molar-refractivity contribution in [2.75, 3.05) is 19.0 Å². The first-order valence-electron chi connectivity index (χ1n) is 5.37. The van der Waals surface area contributed by atoms with Gasteiger partial charge in [0.2, 0.25) is 0 Å². The van der Waals surface area contributed by atoms with E-state index in [0.717, 1.165) is 5.56 Å².